The number of aryl methyl sites for hydroxylation is 1. The molecule has 2 aromatic carbocycles. The molecule has 1 fully saturated rings. The standard InChI is InChI=1S/C22H23ClFNO2.CH4O/c23-22-20(24)12-19(27-18-4-1-5-18)13-21(22)25-9-8-16-11-15(3-2-10-26)6-7-17(16)14-25;1-2/h6-7,10-13,18H,1-5,8-9,14H2;2H,1H3. The van der Waals surface area contributed by atoms with Gasteiger partial charge in [0.1, 0.15) is 17.9 Å². The number of rotatable bonds is 6. The molecule has 0 amide bonds. The molecule has 156 valence electrons. The van der Waals surface area contributed by atoms with E-state index in [4.69, 9.17) is 21.4 Å². The van der Waals surface area contributed by atoms with Crippen molar-refractivity contribution < 1.29 is 19.0 Å². The monoisotopic (exact) mass is 419 g/mol. The third kappa shape index (κ3) is 5.09. The van der Waals surface area contributed by atoms with Gasteiger partial charge in [0.05, 0.1) is 16.8 Å². The van der Waals surface area contributed by atoms with Gasteiger partial charge >= 0.3 is 0 Å². The third-order valence-electron chi connectivity index (χ3n) is 5.51. The lowest BCUT2D eigenvalue weighted by Gasteiger charge is -2.33. The Kier molecular flexibility index (Phi) is 7.51. The highest BCUT2D eigenvalue weighted by Gasteiger charge is 2.24. The number of hydrogen-bond donors (Lipinski definition) is 1. The zero-order chi connectivity index (χ0) is 20.8. The molecule has 2 aliphatic rings. The highest BCUT2D eigenvalue weighted by molar-refractivity contribution is 6.33. The van der Waals surface area contributed by atoms with E-state index in [1.165, 1.54) is 29.2 Å². The minimum Gasteiger partial charge on any atom is -0.490 e. The summed E-state index contributed by atoms with van der Waals surface area (Å²) in [6.07, 6.45) is 6.58. The Hall–Kier alpha value is -2.11. The van der Waals surface area contributed by atoms with Gasteiger partial charge in [0, 0.05) is 38.8 Å². The van der Waals surface area contributed by atoms with Crippen LogP contribution < -0.4 is 9.64 Å². The smallest absolute Gasteiger partial charge is 0.147 e. The fourth-order valence-electron chi connectivity index (χ4n) is 3.72. The van der Waals surface area contributed by atoms with Crippen LogP contribution in [0.2, 0.25) is 5.02 Å². The molecule has 0 atom stereocenters. The third-order valence-corrected chi connectivity index (χ3v) is 5.89. The van der Waals surface area contributed by atoms with E-state index in [9.17, 15) is 9.18 Å². The molecule has 4 rings (SSSR count). The maximum absolute atomic E-state index is 14.4. The Labute approximate surface area is 176 Å². The first-order valence-electron chi connectivity index (χ1n) is 10.0. The maximum Gasteiger partial charge on any atom is 0.147 e. The summed E-state index contributed by atoms with van der Waals surface area (Å²) >= 11 is 6.29. The van der Waals surface area contributed by atoms with Gasteiger partial charge in [0.15, 0.2) is 0 Å². The van der Waals surface area contributed by atoms with E-state index in [-0.39, 0.29) is 11.1 Å². The number of halogens is 2. The first-order chi connectivity index (χ1) is 14.1. The number of fused-ring (bicyclic) bond motifs is 1. The van der Waals surface area contributed by atoms with Crippen LogP contribution in [0.3, 0.4) is 0 Å². The Morgan fingerprint density at radius 1 is 1.24 bits per heavy atom. The lowest BCUT2D eigenvalue weighted by atomic mass is 9.95. The summed E-state index contributed by atoms with van der Waals surface area (Å²) in [7, 11) is 1.00. The molecule has 0 spiro atoms. The second-order valence-electron chi connectivity index (χ2n) is 7.39. The van der Waals surface area contributed by atoms with Crippen LogP contribution in [0.15, 0.2) is 30.3 Å². The highest BCUT2D eigenvalue weighted by Crippen LogP contribution is 2.37. The van der Waals surface area contributed by atoms with Gasteiger partial charge in [-0.15, -0.1) is 0 Å². The zero-order valence-corrected chi connectivity index (χ0v) is 17.4. The van der Waals surface area contributed by atoms with Crippen LogP contribution in [0, 0.1) is 5.82 Å². The number of aliphatic hydroxyl groups excluding tert-OH is 1. The number of aldehydes is 1. The lowest BCUT2D eigenvalue weighted by Crippen LogP contribution is -2.31. The number of hydrogen-bond acceptors (Lipinski definition) is 4. The lowest BCUT2D eigenvalue weighted by molar-refractivity contribution is -0.107. The molecule has 4 nitrogen and oxygen atoms in total. The van der Waals surface area contributed by atoms with Crippen molar-refractivity contribution in [3.63, 3.8) is 0 Å². The van der Waals surface area contributed by atoms with Crippen molar-refractivity contribution in [1.82, 2.24) is 0 Å². The second kappa shape index (κ2) is 10.1. The van der Waals surface area contributed by atoms with E-state index in [2.05, 4.69) is 23.1 Å². The average molecular weight is 420 g/mol. The molecule has 1 saturated carbocycles. The van der Waals surface area contributed by atoms with Gasteiger partial charge in [0.25, 0.3) is 0 Å². The van der Waals surface area contributed by atoms with Crippen LogP contribution in [-0.2, 0) is 24.2 Å². The SMILES string of the molecule is CO.O=CCCc1ccc2c(c1)CCN(c1cc(OC3CCC3)cc(F)c1Cl)C2. The van der Waals surface area contributed by atoms with Crippen molar-refractivity contribution in [2.24, 2.45) is 0 Å². The summed E-state index contributed by atoms with van der Waals surface area (Å²) in [6.45, 7) is 1.46. The zero-order valence-electron chi connectivity index (χ0n) is 16.7. The molecule has 0 radical (unpaired) electrons. The van der Waals surface area contributed by atoms with E-state index in [0.717, 1.165) is 45.6 Å². The molecular weight excluding hydrogens is 393 g/mol. The van der Waals surface area contributed by atoms with E-state index in [1.54, 1.807) is 0 Å². The van der Waals surface area contributed by atoms with E-state index < -0.39 is 5.82 Å². The van der Waals surface area contributed by atoms with Crippen LogP contribution in [0.5, 0.6) is 5.75 Å². The highest BCUT2D eigenvalue weighted by atomic mass is 35.5. The molecule has 0 bridgehead atoms. The topological polar surface area (TPSA) is 49.8 Å². The number of carbonyl (C=O) groups excluding carboxylic acids is 1. The van der Waals surface area contributed by atoms with Crippen LogP contribution in [0.4, 0.5) is 10.1 Å². The second-order valence-corrected chi connectivity index (χ2v) is 7.77. The molecule has 1 N–H and O–H groups in total. The summed E-state index contributed by atoms with van der Waals surface area (Å²) in [5.74, 6) is 0.130. The Balaban J connectivity index is 0.00000117. The van der Waals surface area contributed by atoms with Gasteiger partial charge < -0.3 is 19.5 Å². The predicted octanol–water partition coefficient (Wildman–Crippen LogP) is 4.71. The summed E-state index contributed by atoms with van der Waals surface area (Å²) < 4.78 is 20.3. The Morgan fingerprint density at radius 3 is 2.72 bits per heavy atom. The Morgan fingerprint density at radius 2 is 2.03 bits per heavy atom. The molecule has 1 heterocycles. The molecule has 0 saturated heterocycles. The van der Waals surface area contributed by atoms with Crippen LogP contribution >= 0.6 is 11.6 Å². The minimum absolute atomic E-state index is 0.155. The fraction of sp³-hybridized carbons (Fsp3) is 0.435. The first kappa shape index (κ1) is 21.6. The minimum atomic E-state index is -0.432. The van der Waals surface area contributed by atoms with Gasteiger partial charge in [-0.1, -0.05) is 29.8 Å². The van der Waals surface area contributed by atoms with Gasteiger partial charge in [0.2, 0.25) is 0 Å². The average Bonchev–Trinajstić information content (AvgIpc) is 2.72. The van der Waals surface area contributed by atoms with Crippen molar-refractivity contribution >= 4 is 23.6 Å². The molecule has 1 aliphatic carbocycles. The summed E-state index contributed by atoms with van der Waals surface area (Å²) in [5.41, 5.74) is 4.40. The van der Waals surface area contributed by atoms with Crippen LogP contribution in [0.25, 0.3) is 0 Å². The number of benzene rings is 2. The maximum atomic E-state index is 14.4. The van der Waals surface area contributed by atoms with Crippen LogP contribution in [-0.4, -0.2) is 31.2 Å². The number of ether oxygens (including phenoxy) is 1. The number of aliphatic hydroxyl groups is 1. The summed E-state index contributed by atoms with van der Waals surface area (Å²) in [5, 5.41) is 7.15. The number of nitrogens with zero attached hydrogens (tertiary/aromatic N) is 1. The van der Waals surface area contributed by atoms with Gasteiger partial charge in [-0.2, -0.15) is 0 Å². The molecule has 0 aromatic heterocycles. The quantitative estimate of drug-likeness (QED) is 0.689. The number of anilines is 1. The van der Waals surface area contributed by atoms with Crippen molar-refractivity contribution in [2.45, 2.75) is 51.2 Å². The van der Waals surface area contributed by atoms with E-state index >= 15 is 0 Å². The summed E-state index contributed by atoms with van der Waals surface area (Å²) in [6, 6.07) is 9.63. The Bertz CT molecular complexity index is 854. The van der Waals surface area contributed by atoms with Crippen molar-refractivity contribution in [2.75, 3.05) is 18.6 Å². The molecule has 2 aromatic rings. The fourth-order valence-corrected chi connectivity index (χ4v) is 3.95. The predicted molar refractivity (Wildman–Crippen MR) is 113 cm³/mol. The van der Waals surface area contributed by atoms with E-state index in [1.807, 2.05) is 6.07 Å². The van der Waals surface area contributed by atoms with Crippen molar-refractivity contribution in [3.05, 3.63) is 57.9 Å². The molecule has 6 heteroatoms. The van der Waals surface area contributed by atoms with E-state index in [0.29, 0.717) is 24.4 Å². The molecule has 0 unspecified atom stereocenters. The molecule has 29 heavy (non-hydrogen) atoms. The summed E-state index contributed by atoms with van der Waals surface area (Å²) in [4.78, 5) is 12.7. The van der Waals surface area contributed by atoms with Gasteiger partial charge in [-0.05, 0) is 48.8 Å². The van der Waals surface area contributed by atoms with Crippen molar-refractivity contribution in [1.29, 1.82) is 0 Å². The molecule has 1 aliphatic heterocycles. The number of carbonyl (C=O) groups is 1. The first-order valence-corrected chi connectivity index (χ1v) is 10.4. The normalized spacial score (nSPS) is 15.7. The molecular formula is C23H27ClFNO3. The van der Waals surface area contributed by atoms with Gasteiger partial charge in [-0.3, -0.25) is 0 Å². The van der Waals surface area contributed by atoms with Gasteiger partial charge in [-0.25, -0.2) is 4.39 Å². The van der Waals surface area contributed by atoms with Crippen LogP contribution in [0.1, 0.15) is 42.4 Å². The van der Waals surface area contributed by atoms with Crippen molar-refractivity contribution in [3.8, 4) is 5.75 Å². The largest absolute Gasteiger partial charge is 0.490 e.